The molecule has 3 rings (SSSR count). The standard InChI is InChI=1S/C16H21BN4O7/c22-13(9-21-6-5-18-19-21)20-7-11(8-20)28-12-2-1-10(3-4-17(26)27)15(23)14(12)16(24)25/h1-2,5-6,10-11,15,23,26-27H,3-4,7-9H2,(H,24,25). The molecule has 1 fully saturated rings. The third-order valence-electron chi connectivity index (χ3n) is 4.71. The number of nitrogens with zero attached hydrogens (tertiary/aromatic N) is 4. The molecule has 0 saturated carbocycles. The molecule has 0 radical (unpaired) electrons. The number of amides is 1. The summed E-state index contributed by atoms with van der Waals surface area (Å²) in [6, 6.07) is 0. The number of carboxylic acids is 1. The number of rotatable bonds is 8. The first-order valence-electron chi connectivity index (χ1n) is 8.83. The zero-order valence-corrected chi connectivity index (χ0v) is 15.0. The van der Waals surface area contributed by atoms with Crippen LogP contribution in [0.25, 0.3) is 0 Å². The monoisotopic (exact) mass is 392 g/mol. The predicted octanol–water partition coefficient (Wildman–Crippen LogP) is -1.75. The maximum absolute atomic E-state index is 12.1. The molecule has 2 atom stereocenters. The fourth-order valence-electron chi connectivity index (χ4n) is 3.15. The van der Waals surface area contributed by atoms with Crippen LogP contribution in [0.5, 0.6) is 0 Å². The Morgan fingerprint density at radius 2 is 2.07 bits per heavy atom. The smallest absolute Gasteiger partial charge is 0.451 e. The first-order chi connectivity index (χ1) is 13.3. The van der Waals surface area contributed by atoms with Gasteiger partial charge in [-0.25, -0.2) is 9.48 Å². The Morgan fingerprint density at radius 1 is 1.32 bits per heavy atom. The summed E-state index contributed by atoms with van der Waals surface area (Å²) >= 11 is 0. The molecular weight excluding hydrogens is 371 g/mol. The molecular formula is C16H21BN4O7. The Kier molecular flexibility index (Phi) is 6.12. The predicted molar refractivity (Wildman–Crippen MR) is 94.4 cm³/mol. The quantitative estimate of drug-likeness (QED) is 0.377. The van der Waals surface area contributed by atoms with E-state index < -0.39 is 25.1 Å². The zero-order valence-electron chi connectivity index (χ0n) is 15.0. The van der Waals surface area contributed by atoms with E-state index in [1.807, 2.05) is 0 Å². The summed E-state index contributed by atoms with van der Waals surface area (Å²) in [5.74, 6) is -1.96. The molecule has 12 heteroatoms. The number of aliphatic hydroxyl groups excluding tert-OH is 1. The molecule has 28 heavy (non-hydrogen) atoms. The highest BCUT2D eigenvalue weighted by Crippen LogP contribution is 2.30. The number of hydrogen-bond acceptors (Lipinski definition) is 8. The first kappa shape index (κ1) is 20.0. The molecule has 1 saturated heterocycles. The topological polar surface area (TPSA) is 158 Å². The van der Waals surface area contributed by atoms with Crippen LogP contribution >= 0.6 is 0 Å². The zero-order chi connectivity index (χ0) is 20.3. The molecule has 2 heterocycles. The number of ether oxygens (including phenoxy) is 1. The Balaban J connectivity index is 1.56. The first-order valence-corrected chi connectivity index (χ1v) is 8.83. The number of hydrogen-bond donors (Lipinski definition) is 4. The maximum Gasteiger partial charge on any atom is 0.451 e. The van der Waals surface area contributed by atoms with Gasteiger partial charge in [0.05, 0.1) is 25.4 Å². The van der Waals surface area contributed by atoms with Crippen LogP contribution in [-0.2, 0) is 20.9 Å². The summed E-state index contributed by atoms with van der Waals surface area (Å²) in [6.45, 7) is 0.662. The van der Waals surface area contributed by atoms with Gasteiger partial charge in [-0.1, -0.05) is 11.3 Å². The number of carboxylic acid groups (broad SMARTS) is 1. The van der Waals surface area contributed by atoms with Crippen molar-refractivity contribution < 1.29 is 34.6 Å². The average Bonchev–Trinajstić information content (AvgIpc) is 3.09. The fraction of sp³-hybridized carbons (Fsp3) is 0.500. The van der Waals surface area contributed by atoms with Crippen LogP contribution in [0.4, 0.5) is 0 Å². The van der Waals surface area contributed by atoms with E-state index in [-0.39, 0.29) is 42.6 Å². The van der Waals surface area contributed by atoms with Crippen LogP contribution in [-0.4, -0.2) is 84.4 Å². The largest absolute Gasteiger partial charge is 0.486 e. The molecule has 1 aromatic heterocycles. The number of carbonyl (C=O) groups is 2. The van der Waals surface area contributed by atoms with Gasteiger partial charge in [0.2, 0.25) is 5.91 Å². The molecule has 0 spiro atoms. The third kappa shape index (κ3) is 4.58. The van der Waals surface area contributed by atoms with Crippen molar-refractivity contribution in [1.82, 2.24) is 19.9 Å². The van der Waals surface area contributed by atoms with Gasteiger partial charge in [0.15, 0.2) is 0 Å². The van der Waals surface area contributed by atoms with Crippen molar-refractivity contribution in [3.05, 3.63) is 35.9 Å². The van der Waals surface area contributed by atoms with Crippen molar-refractivity contribution in [3.8, 4) is 0 Å². The molecule has 2 unspecified atom stereocenters. The van der Waals surface area contributed by atoms with Gasteiger partial charge in [0.1, 0.15) is 24.0 Å². The molecule has 1 amide bonds. The van der Waals surface area contributed by atoms with Crippen molar-refractivity contribution in [2.24, 2.45) is 5.92 Å². The molecule has 0 aromatic carbocycles. The van der Waals surface area contributed by atoms with Crippen LogP contribution in [0, 0.1) is 5.92 Å². The fourth-order valence-corrected chi connectivity index (χ4v) is 3.15. The third-order valence-corrected chi connectivity index (χ3v) is 4.71. The van der Waals surface area contributed by atoms with Crippen molar-refractivity contribution in [2.45, 2.75) is 31.5 Å². The van der Waals surface area contributed by atoms with E-state index in [1.165, 1.54) is 17.0 Å². The van der Waals surface area contributed by atoms with Crippen LogP contribution in [0.2, 0.25) is 6.32 Å². The number of aromatic nitrogens is 3. The molecule has 1 aliphatic carbocycles. The minimum absolute atomic E-state index is 0.0145. The lowest BCUT2D eigenvalue weighted by Crippen LogP contribution is -2.55. The summed E-state index contributed by atoms with van der Waals surface area (Å²) < 4.78 is 7.09. The van der Waals surface area contributed by atoms with Crippen molar-refractivity contribution in [3.63, 3.8) is 0 Å². The minimum Gasteiger partial charge on any atom is -0.486 e. The molecule has 1 aromatic rings. The summed E-state index contributed by atoms with van der Waals surface area (Å²) in [6.07, 6.45) is 4.67. The Labute approximate surface area is 160 Å². The molecule has 2 aliphatic rings. The molecule has 0 bridgehead atoms. The lowest BCUT2D eigenvalue weighted by Gasteiger charge is -2.40. The van der Waals surface area contributed by atoms with Gasteiger partial charge in [0.25, 0.3) is 0 Å². The Morgan fingerprint density at radius 3 is 2.68 bits per heavy atom. The van der Waals surface area contributed by atoms with Gasteiger partial charge in [-0.05, 0) is 18.8 Å². The second-order valence-corrected chi connectivity index (χ2v) is 6.75. The molecule has 4 N–H and O–H groups in total. The van der Waals surface area contributed by atoms with Gasteiger partial charge in [-0.3, -0.25) is 4.79 Å². The van der Waals surface area contributed by atoms with E-state index in [4.69, 9.17) is 14.8 Å². The second kappa shape index (κ2) is 8.54. The van der Waals surface area contributed by atoms with E-state index in [1.54, 1.807) is 17.2 Å². The van der Waals surface area contributed by atoms with Gasteiger partial charge in [0, 0.05) is 12.1 Å². The minimum atomic E-state index is -1.52. The Hall–Kier alpha value is -2.70. The second-order valence-electron chi connectivity index (χ2n) is 6.75. The number of aliphatic hydroxyl groups is 1. The van der Waals surface area contributed by atoms with Gasteiger partial charge in [-0.15, -0.1) is 5.10 Å². The number of likely N-dealkylation sites (tertiary alicyclic amines) is 1. The van der Waals surface area contributed by atoms with Crippen LogP contribution < -0.4 is 0 Å². The molecule has 11 nitrogen and oxygen atoms in total. The average molecular weight is 392 g/mol. The van der Waals surface area contributed by atoms with Gasteiger partial charge >= 0.3 is 13.1 Å². The number of aliphatic carboxylic acids is 1. The lowest BCUT2D eigenvalue weighted by atomic mass is 9.77. The normalized spacial score (nSPS) is 22.2. The molecule has 150 valence electrons. The van der Waals surface area contributed by atoms with E-state index in [0.29, 0.717) is 13.1 Å². The Bertz CT molecular complexity index is 774. The summed E-state index contributed by atoms with van der Waals surface area (Å²) in [7, 11) is -1.52. The maximum atomic E-state index is 12.1. The highest BCUT2D eigenvalue weighted by atomic mass is 16.5. The number of allylic oxidation sites excluding steroid dienone is 1. The van der Waals surface area contributed by atoms with Gasteiger partial charge in [-0.2, -0.15) is 0 Å². The van der Waals surface area contributed by atoms with E-state index >= 15 is 0 Å². The highest BCUT2D eigenvalue weighted by molar-refractivity contribution is 6.40. The summed E-state index contributed by atoms with van der Waals surface area (Å²) in [5.41, 5.74) is -0.271. The summed E-state index contributed by atoms with van der Waals surface area (Å²) in [5, 5.41) is 45.1. The van der Waals surface area contributed by atoms with E-state index in [9.17, 15) is 19.8 Å². The SMILES string of the molecule is O=C(O)C1=C(OC2CN(C(=O)Cn3ccnn3)C2)C=CC(CCB(O)O)C1O. The van der Waals surface area contributed by atoms with Crippen molar-refractivity contribution in [1.29, 1.82) is 0 Å². The van der Waals surface area contributed by atoms with Crippen molar-refractivity contribution >= 4 is 19.0 Å². The van der Waals surface area contributed by atoms with E-state index in [0.717, 1.165) is 0 Å². The van der Waals surface area contributed by atoms with Gasteiger partial charge < -0.3 is 29.9 Å². The van der Waals surface area contributed by atoms with Crippen LogP contribution in [0.1, 0.15) is 6.42 Å². The highest BCUT2D eigenvalue weighted by Gasteiger charge is 2.37. The lowest BCUT2D eigenvalue weighted by molar-refractivity contribution is -0.144. The van der Waals surface area contributed by atoms with Crippen LogP contribution in [0.15, 0.2) is 35.9 Å². The molecule has 1 aliphatic heterocycles. The number of carbonyl (C=O) groups excluding carboxylic acids is 1. The van der Waals surface area contributed by atoms with E-state index in [2.05, 4.69) is 10.3 Å². The van der Waals surface area contributed by atoms with Crippen molar-refractivity contribution in [2.75, 3.05) is 13.1 Å². The van der Waals surface area contributed by atoms with Crippen LogP contribution in [0.3, 0.4) is 0 Å². The summed E-state index contributed by atoms with van der Waals surface area (Å²) in [4.78, 5) is 25.2.